The number of anilines is 1. The molecule has 0 atom stereocenters. The normalized spacial score (nSPS) is 22.1. The average molecular weight is 524 g/mol. The van der Waals surface area contributed by atoms with Crippen LogP contribution in [0.25, 0.3) is 10.9 Å². The van der Waals surface area contributed by atoms with E-state index in [0.717, 1.165) is 52.0 Å². The van der Waals surface area contributed by atoms with Gasteiger partial charge in [0, 0.05) is 30.7 Å². The molecule has 2 aromatic carbocycles. The molecule has 34 heavy (non-hydrogen) atoms. The summed E-state index contributed by atoms with van der Waals surface area (Å²) >= 11 is 12.4. The Morgan fingerprint density at radius 1 is 0.971 bits per heavy atom. The van der Waals surface area contributed by atoms with Gasteiger partial charge in [0.15, 0.2) is 0 Å². The van der Waals surface area contributed by atoms with Crippen LogP contribution in [0.1, 0.15) is 25.7 Å². The number of nitrogens with one attached hydrogen (secondary N) is 2. The predicted molar refractivity (Wildman–Crippen MR) is 135 cm³/mol. The number of halogens is 2. The van der Waals surface area contributed by atoms with Crippen LogP contribution in [-0.4, -0.2) is 56.8 Å². The number of ether oxygens (including phenoxy) is 2. The second-order valence-electron chi connectivity index (χ2n) is 8.76. The first kappa shape index (κ1) is 23.8. The second kappa shape index (κ2) is 9.95. The van der Waals surface area contributed by atoms with Gasteiger partial charge in [0.1, 0.15) is 5.75 Å². The first-order valence-electron chi connectivity index (χ1n) is 11.5. The fourth-order valence-electron chi connectivity index (χ4n) is 4.82. The van der Waals surface area contributed by atoms with Gasteiger partial charge in [0.25, 0.3) is 10.0 Å². The number of benzene rings is 2. The van der Waals surface area contributed by atoms with Crippen molar-refractivity contribution in [1.82, 2.24) is 9.88 Å². The molecule has 0 bridgehead atoms. The molecular formula is C24H27Cl2N3O4S. The number of nitrogens with zero attached hydrogens (tertiary/aromatic N) is 1. The molecule has 0 amide bonds. The number of aromatic amines is 1. The van der Waals surface area contributed by atoms with E-state index in [-0.39, 0.29) is 11.0 Å². The summed E-state index contributed by atoms with van der Waals surface area (Å²) in [6, 6.07) is 10.4. The molecule has 2 N–H and O–H groups in total. The zero-order valence-electron chi connectivity index (χ0n) is 18.6. The minimum atomic E-state index is -3.81. The van der Waals surface area contributed by atoms with E-state index in [1.165, 1.54) is 0 Å². The SMILES string of the molecule is O=S(=O)(Nc1ccc(Cl)c2c(Cl)c[nH]c12)c1ccc(OC2CCC(N3CCOCC3)CC2)cc1. The van der Waals surface area contributed by atoms with Crippen molar-refractivity contribution < 1.29 is 17.9 Å². The van der Waals surface area contributed by atoms with Gasteiger partial charge in [-0.05, 0) is 62.1 Å². The van der Waals surface area contributed by atoms with Crippen LogP contribution in [0.3, 0.4) is 0 Å². The van der Waals surface area contributed by atoms with Crippen molar-refractivity contribution in [3.63, 3.8) is 0 Å². The van der Waals surface area contributed by atoms with Crippen molar-refractivity contribution in [2.75, 3.05) is 31.0 Å². The van der Waals surface area contributed by atoms with Crippen LogP contribution in [0.15, 0.2) is 47.5 Å². The highest BCUT2D eigenvalue weighted by Gasteiger charge is 2.28. The average Bonchev–Trinajstić information content (AvgIpc) is 3.25. The van der Waals surface area contributed by atoms with Gasteiger partial charge in [0.05, 0.1) is 45.5 Å². The quantitative estimate of drug-likeness (QED) is 0.458. The number of fused-ring (bicyclic) bond motifs is 1. The Kier molecular flexibility index (Phi) is 6.95. The van der Waals surface area contributed by atoms with E-state index in [4.69, 9.17) is 32.7 Å². The molecule has 0 radical (unpaired) electrons. The summed E-state index contributed by atoms with van der Waals surface area (Å²) in [6.45, 7) is 3.67. The number of aromatic nitrogens is 1. The number of hydrogen-bond donors (Lipinski definition) is 2. The first-order chi connectivity index (χ1) is 16.4. The number of H-pyrrole nitrogens is 1. The van der Waals surface area contributed by atoms with Gasteiger partial charge >= 0.3 is 0 Å². The highest BCUT2D eigenvalue weighted by molar-refractivity contribution is 7.92. The largest absolute Gasteiger partial charge is 0.490 e. The fraction of sp³-hybridized carbons (Fsp3) is 0.417. The molecule has 2 aliphatic rings. The summed E-state index contributed by atoms with van der Waals surface area (Å²) in [4.78, 5) is 5.66. The third-order valence-electron chi connectivity index (χ3n) is 6.62. The summed E-state index contributed by atoms with van der Waals surface area (Å²) < 4.78 is 40.2. The second-order valence-corrected chi connectivity index (χ2v) is 11.3. The maximum absolute atomic E-state index is 13.0. The molecule has 10 heteroatoms. The molecule has 1 aliphatic carbocycles. The molecule has 1 saturated carbocycles. The van der Waals surface area contributed by atoms with Crippen molar-refractivity contribution in [2.45, 2.75) is 42.7 Å². The van der Waals surface area contributed by atoms with Crippen LogP contribution in [0.2, 0.25) is 10.0 Å². The van der Waals surface area contributed by atoms with Crippen LogP contribution in [0.4, 0.5) is 5.69 Å². The standard InChI is InChI=1S/C24H27Cl2N3O4S/c25-20-9-10-22(24-23(20)21(26)15-27-24)28-34(30,31)19-7-5-18(6-8-19)33-17-3-1-16(2-4-17)29-11-13-32-14-12-29/h5-10,15-17,27-28H,1-4,11-14H2. The van der Waals surface area contributed by atoms with Crippen molar-refractivity contribution >= 4 is 49.8 Å². The first-order valence-corrected chi connectivity index (χ1v) is 13.7. The van der Waals surface area contributed by atoms with E-state index in [2.05, 4.69) is 14.6 Å². The van der Waals surface area contributed by atoms with E-state index >= 15 is 0 Å². The Morgan fingerprint density at radius 2 is 1.68 bits per heavy atom. The highest BCUT2D eigenvalue weighted by atomic mass is 35.5. The topological polar surface area (TPSA) is 83.7 Å². The minimum Gasteiger partial charge on any atom is -0.490 e. The van der Waals surface area contributed by atoms with Crippen LogP contribution in [-0.2, 0) is 14.8 Å². The Bertz CT molecular complexity index is 1250. The van der Waals surface area contributed by atoms with E-state index in [9.17, 15) is 8.42 Å². The molecule has 1 aromatic heterocycles. The molecule has 3 aromatic rings. The van der Waals surface area contributed by atoms with Gasteiger partial charge in [0.2, 0.25) is 0 Å². The van der Waals surface area contributed by atoms with Gasteiger partial charge in [-0.25, -0.2) is 8.42 Å². The molecule has 7 nitrogen and oxygen atoms in total. The maximum atomic E-state index is 13.0. The Morgan fingerprint density at radius 3 is 2.38 bits per heavy atom. The lowest BCUT2D eigenvalue weighted by molar-refractivity contribution is -0.00103. The summed E-state index contributed by atoms with van der Waals surface area (Å²) in [6.07, 6.45) is 5.94. The Hall–Kier alpha value is -1.97. The van der Waals surface area contributed by atoms with Gasteiger partial charge < -0.3 is 14.5 Å². The van der Waals surface area contributed by atoms with Gasteiger partial charge in [-0.1, -0.05) is 23.2 Å². The molecule has 2 fully saturated rings. The monoisotopic (exact) mass is 523 g/mol. The molecule has 5 rings (SSSR count). The van der Waals surface area contributed by atoms with Crippen molar-refractivity contribution in [1.29, 1.82) is 0 Å². The van der Waals surface area contributed by atoms with E-state index in [0.29, 0.717) is 38.4 Å². The molecule has 2 heterocycles. The predicted octanol–water partition coefficient (Wildman–Crippen LogP) is 5.30. The van der Waals surface area contributed by atoms with Crippen LogP contribution in [0, 0.1) is 0 Å². The van der Waals surface area contributed by atoms with Gasteiger partial charge in [-0.2, -0.15) is 0 Å². The zero-order valence-corrected chi connectivity index (χ0v) is 20.9. The van der Waals surface area contributed by atoms with Crippen LogP contribution in [0.5, 0.6) is 5.75 Å². The molecular weight excluding hydrogens is 497 g/mol. The molecule has 0 unspecified atom stereocenters. The summed E-state index contributed by atoms with van der Waals surface area (Å²) in [7, 11) is -3.81. The van der Waals surface area contributed by atoms with E-state index < -0.39 is 10.0 Å². The molecule has 0 spiro atoms. The number of hydrogen-bond acceptors (Lipinski definition) is 5. The van der Waals surface area contributed by atoms with Gasteiger partial charge in [-0.3, -0.25) is 9.62 Å². The number of sulfonamides is 1. The molecule has 1 saturated heterocycles. The van der Waals surface area contributed by atoms with Crippen molar-refractivity contribution in [3.8, 4) is 5.75 Å². The fourth-order valence-corrected chi connectivity index (χ4v) is 6.45. The van der Waals surface area contributed by atoms with Gasteiger partial charge in [-0.15, -0.1) is 0 Å². The molecule has 1 aliphatic heterocycles. The summed E-state index contributed by atoms with van der Waals surface area (Å²) in [5, 5.41) is 1.46. The smallest absolute Gasteiger partial charge is 0.261 e. The van der Waals surface area contributed by atoms with Crippen molar-refractivity contribution in [3.05, 3.63) is 52.6 Å². The lowest BCUT2D eigenvalue weighted by Gasteiger charge is -2.38. The Balaban J connectivity index is 1.21. The van der Waals surface area contributed by atoms with Crippen LogP contribution < -0.4 is 9.46 Å². The zero-order chi connectivity index (χ0) is 23.7. The summed E-state index contributed by atoms with van der Waals surface area (Å²) in [5.74, 6) is 0.679. The number of rotatable bonds is 6. The lowest BCUT2D eigenvalue weighted by atomic mass is 9.91. The minimum absolute atomic E-state index is 0.150. The Labute approximate surface area is 209 Å². The van der Waals surface area contributed by atoms with E-state index in [1.54, 1.807) is 42.6 Å². The third kappa shape index (κ3) is 5.02. The van der Waals surface area contributed by atoms with Crippen molar-refractivity contribution in [2.24, 2.45) is 0 Å². The lowest BCUT2D eigenvalue weighted by Crippen LogP contribution is -2.46. The summed E-state index contributed by atoms with van der Waals surface area (Å²) in [5.41, 5.74) is 0.914. The maximum Gasteiger partial charge on any atom is 0.261 e. The number of morpholine rings is 1. The molecule has 182 valence electrons. The third-order valence-corrected chi connectivity index (χ3v) is 8.62. The highest BCUT2D eigenvalue weighted by Crippen LogP contribution is 2.35. The van der Waals surface area contributed by atoms with E-state index in [1.807, 2.05) is 0 Å². The van der Waals surface area contributed by atoms with Crippen LogP contribution >= 0.6 is 23.2 Å².